The first-order valence-electron chi connectivity index (χ1n) is 9.55. The van der Waals surface area contributed by atoms with Crippen LogP contribution in [-0.2, 0) is 18.4 Å². The summed E-state index contributed by atoms with van der Waals surface area (Å²) in [5.41, 5.74) is 2.34. The fourth-order valence-electron chi connectivity index (χ4n) is 3.65. The van der Waals surface area contributed by atoms with E-state index in [9.17, 15) is 9.90 Å². The standard InChI is InChI=1S/C20H29N5O2/c1-14-4-6-16(7-5-14)15(2)21-19(27)12-25-10-8-17(9-11-25)20-23-22-18(13-26)24(20)3/h4-7,15,17,26H,8-13H2,1-3H3,(H,21,27)/t15-/m1/s1. The summed E-state index contributed by atoms with van der Waals surface area (Å²) in [6.45, 7) is 6.12. The monoisotopic (exact) mass is 371 g/mol. The van der Waals surface area contributed by atoms with Crippen LogP contribution in [0.3, 0.4) is 0 Å². The molecule has 1 aromatic heterocycles. The minimum absolute atomic E-state index is 0.00573. The van der Waals surface area contributed by atoms with Gasteiger partial charge in [0, 0.05) is 13.0 Å². The molecule has 0 bridgehead atoms. The third-order valence-corrected chi connectivity index (χ3v) is 5.41. The lowest BCUT2D eigenvalue weighted by molar-refractivity contribution is -0.123. The Kier molecular flexibility index (Phi) is 6.23. The second-order valence-electron chi connectivity index (χ2n) is 7.44. The van der Waals surface area contributed by atoms with E-state index in [1.54, 1.807) is 0 Å². The average molecular weight is 371 g/mol. The highest BCUT2D eigenvalue weighted by Gasteiger charge is 2.26. The van der Waals surface area contributed by atoms with Crippen LogP contribution in [0.5, 0.6) is 0 Å². The average Bonchev–Trinajstić information content (AvgIpc) is 3.03. The number of carbonyl (C=O) groups excluding carboxylic acids is 1. The molecule has 146 valence electrons. The maximum absolute atomic E-state index is 12.4. The highest BCUT2D eigenvalue weighted by atomic mass is 16.3. The van der Waals surface area contributed by atoms with Crippen LogP contribution >= 0.6 is 0 Å². The van der Waals surface area contributed by atoms with Crippen molar-refractivity contribution < 1.29 is 9.90 Å². The zero-order valence-electron chi connectivity index (χ0n) is 16.4. The maximum Gasteiger partial charge on any atom is 0.234 e. The summed E-state index contributed by atoms with van der Waals surface area (Å²) < 4.78 is 1.89. The molecule has 0 spiro atoms. The van der Waals surface area contributed by atoms with E-state index >= 15 is 0 Å². The van der Waals surface area contributed by atoms with E-state index < -0.39 is 0 Å². The number of nitrogens with zero attached hydrogens (tertiary/aromatic N) is 4. The topological polar surface area (TPSA) is 83.3 Å². The van der Waals surface area contributed by atoms with E-state index in [4.69, 9.17) is 0 Å². The van der Waals surface area contributed by atoms with Crippen LogP contribution in [-0.4, -0.2) is 50.3 Å². The molecule has 2 N–H and O–H groups in total. The smallest absolute Gasteiger partial charge is 0.234 e. The molecule has 7 heteroatoms. The van der Waals surface area contributed by atoms with Crippen LogP contribution in [0, 0.1) is 6.92 Å². The first-order valence-corrected chi connectivity index (χ1v) is 9.55. The van der Waals surface area contributed by atoms with Crippen molar-refractivity contribution in [3.8, 4) is 0 Å². The van der Waals surface area contributed by atoms with Crippen LogP contribution in [0.15, 0.2) is 24.3 Å². The molecule has 3 rings (SSSR count). The van der Waals surface area contributed by atoms with Gasteiger partial charge in [-0.15, -0.1) is 10.2 Å². The second kappa shape index (κ2) is 8.63. The van der Waals surface area contributed by atoms with Gasteiger partial charge < -0.3 is 15.0 Å². The molecule has 1 atom stereocenters. The molecule has 1 saturated heterocycles. The Bertz CT molecular complexity index is 763. The number of piperidine rings is 1. The molecule has 0 unspecified atom stereocenters. The van der Waals surface area contributed by atoms with Crippen molar-refractivity contribution in [2.75, 3.05) is 19.6 Å². The molecule has 2 heterocycles. The molecule has 0 aliphatic carbocycles. The zero-order chi connectivity index (χ0) is 19.4. The molecule has 1 amide bonds. The van der Waals surface area contributed by atoms with Crippen LogP contribution in [0.25, 0.3) is 0 Å². The normalized spacial score (nSPS) is 17.0. The van der Waals surface area contributed by atoms with Gasteiger partial charge in [-0.3, -0.25) is 9.69 Å². The molecule has 0 saturated carbocycles. The van der Waals surface area contributed by atoms with Crippen LogP contribution < -0.4 is 5.32 Å². The number of likely N-dealkylation sites (tertiary alicyclic amines) is 1. The molecule has 1 fully saturated rings. The van der Waals surface area contributed by atoms with Gasteiger partial charge in [-0.25, -0.2) is 0 Å². The Hall–Kier alpha value is -2.25. The minimum Gasteiger partial charge on any atom is -0.388 e. The number of benzene rings is 1. The lowest BCUT2D eigenvalue weighted by atomic mass is 9.96. The molecule has 1 aliphatic heterocycles. The van der Waals surface area contributed by atoms with E-state index in [2.05, 4.69) is 51.6 Å². The highest BCUT2D eigenvalue weighted by Crippen LogP contribution is 2.26. The van der Waals surface area contributed by atoms with Crippen molar-refractivity contribution in [3.05, 3.63) is 47.0 Å². The van der Waals surface area contributed by atoms with E-state index in [0.29, 0.717) is 18.3 Å². The van der Waals surface area contributed by atoms with Crippen molar-refractivity contribution in [1.82, 2.24) is 25.0 Å². The number of aryl methyl sites for hydroxylation is 1. The van der Waals surface area contributed by atoms with Gasteiger partial charge in [0.2, 0.25) is 5.91 Å². The molecular formula is C20H29N5O2. The van der Waals surface area contributed by atoms with Gasteiger partial charge >= 0.3 is 0 Å². The third kappa shape index (κ3) is 4.73. The van der Waals surface area contributed by atoms with Crippen molar-refractivity contribution in [2.24, 2.45) is 7.05 Å². The number of hydrogen-bond donors (Lipinski definition) is 2. The lowest BCUT2D eigenvalue weighted by Gasteiger charge is -2.31. The molecule has 1 aliphatic rings. The van der Waals surface area contributed by atoms with Crippen molar-refractivity contribution in [3.63, 3.8) is 0 Å². The predicted molar refractivity (Wildman–Crippen MR) is 103 cm³/mol. The molecule has 27 heavy (non-hydrogen) atoms. The number of aromatic nitrogens is 3. The van der Waals surface area contributed by atoms with Crippen molar-refractivity contribution in [1.29, 1.82) is 0 Å². The molecule has 2 aromatic rings. The number of aliphatic hydroxyl groups excluding tert-OH is 1. The minimum atomic E-state index is -0.0956. The maximum atomic E-state index is 12.4. The Morgan fingerprint density at radius 3 is 2.52 bits per heavy atom. The SMILES string of the molecule is Cc1ccc([C@@H](C)NC(=O)CN2CCC(c3nnc(CO)n3C)CC2)cc1. The predicted octanol–water partition coefficient (Wildman–Crippen LogP) is 1.67. The number of aliphatic hydroxyl groups is 1. The van der Waals surface area contributed by atoms with Gasteiger partial charge in [0.15, 0.2) is 5.82 Å². The first kappa shape index (κ1) is 19.5. The summed E-state index contributed by atoms with van der Waals surface area (Å²) in [5.74, 6) is 1.91. The largest absolute Gasteiger partial charge is 0.388 e. The molecule has 0 radical (unpaired) electrons. The van der Waals surface area contributed by atoms with E-state index in [1.807, 2.05) is 18.5 Å². The summed E-state index contributed by atoms with van der Waals surface area (Å²) >= 11 is 0. The van der Waals surface area contributed by atoms with E-state index in [-0.39, 0.29) is 18.6 Å². The van der Waals surface area contributed by atoms with Gasteiger partial charge in [-0.2, -0.15) is 0 Å². The molecule has 7 nitrogen and oxygen atoms in total. The van der Waals surface area contributed by atoms with E-state index in [1.165, 1.54) is 5.56 Å². The van der Waals surface area contributed by atoms with Crippen molar-refractivity contribution >= 4 is 5.91 Å². The molecule has 1 aromatic carbocycles. The number of amides is 1. The second-order valence-corrected chi connectivity index (χ2v) is 7.44. The Balaban J connectivity index is 1.47. The summed E-state index contributed by atoms with van der Waals surface area (Å²) in [5, 5.41) is 20.6. The Morgan fingerprint density at radius 2 is 1.93 bits per heavy atom. The van der Waals surface area contributed by atoms with Gasteiger partial charge in [0.25, 0.3) is 0 Å². The number of hydrogen-bond acceptors (Lipinski definition) is 5. The van der Waals surface area contributed by atoms with Gasteiger partial charge in [-0.05, 0) is 45.3 Å². The van der Waals surface area contributed by atoms with Gasteiger partial charge in [0.05, 0.1) is 12.6 Å². The molecular weight excluding hydrogens is 342 g/mol. The van der Waals surface area contributed by atoms with Crippen molar-refractivity contribution in [2.45, 2.75) is 45.3 Å². The zero-order valence-corrected chi connectivity index (χ0v) is 16.4. The van der Waals surface area contributed by atoms with Crippen LogP contribution in [0.1, 0.15) is 54.5 Å². The Labute approximate surface area is 160 Å². The van der Waals surface area contributed by atoms with Crippen LogP contribution in [0.2, 0.25) is 0 Å². The van der Waals surface area contributed by atoms with E-state index in [0.717, 1.165) is 37.3 Å². The third-order valence-electron chi connectivity index (χ3n) is 5.41. The summed E-state index contributed by atoms with van der Waals surface area (Å²) in [6, 6.07) is 8.27. The summed E-state index contributed by atoms with van der Waals surface area (Å²) in [4.78, 5) is 14.6. The van der Waals surface area contributed by atoms with Gasteiger partial charge in [-0.1, -0.05) is 29.8 Å². The Morgan fingerprint density at radius 1 is 1.26 bits per heavy atom. The lowest BCUT2D eigenvalue weighted by Crippen LogP contribution is -2.42. The first-order chi connectivity index (χ1) is 13.0. The number of rotatable bonds is 6. The fourth-order valence-corrected chi connectivity index (χ4v) is 3.65. The quantitative estimate of drug-likeness (QED) is 0.807. The number of carbonyl (C=O) groups is 1. The van der Waals surface area contributed by atoms with Gasteiger partial charge in [0.1, 0.15) is 12.4 Å². The summed E-state index contributed by atoms with van der Waals surface area (Å²) in [7, 11) is 1.90. The number of nitrogens with one attached hydrogen (secondary N) is 1. The summed E-state index contributed by atoms with van der Waals surface area (Å²) in [6.07, 6.45) is 1.89. The van der Waals surface area contributed by atoms with Crippen LogP contribution in [0.4, 0.5) is 0 Å². The fraction of sp³-hybridized carbons (Fsp3) is 0.550. The highest BCUT2D eigenvalue weighted by molar-refractivity contribution is 5.78.